The lowest BCUT2D eigenvalue weighted by molar-refractivity contribution is -0.0686. The van der Waals surface area contributed by atoms with Crippen LogP contribution < -0.4 is 11.2 Å². The van der Waals surface area contributed by atoms with Gasteiger partial charge in [-0.3, -0.25) is 5.01 Å². The van der Waals surface area contributed by atoms with Crippen molar-refractivity contribution in [2.24, 2.45) is 11.1 Å². The number of hydrogen-bond acceptors (Lipinski definition) is 4. The normalized spacial score (nSPS) is 17.1. The predicted octanol–water partition coefficient (Wildman–Crippen LogP) is 1.30. The maximum atomic E-state index is 10.8. The van der Waals surface area contributed by atoms with E-state index in [1.54, 1.807) is 17.4 Å². The summed E-state index contributed by atoms with van der Waals surface area (Å²) in [5.74, 6) is 0. The van der Waals surface area contributed by atoms with Gasteiger partial charge in [0.05, 0.1) is 0 Å². The maximum Gasteiger partial charge on any atom is 0.406 e. The van der Waals surface area contributed by atoms with Crippen molar-refractivity contribution in [2.45, 2.75) is 27.0 Å². The van der Waals surface area contributed by atoms with Crippen molar-refractivity contribution < 1.29 is 9.53 Å². The van der Waals surface area contributed by atoms with Crippen molar-refractivity contribution in [1.29, 1.82) is 0 Å². The third-order valence-corrected chi connectivity index (χ3v) is 1.90. The van der Waals surface area contributed by atoms with E-state index in [0.29, 0.717) is 0 Å². The second-order valence-electron chi connectivity index (χ2n) is 4.39. The predicted molar refractivity (Wildman–Crippen MR) is 57.2 cm³/mol. The summed E-state index contributed by atoms with van der Waals surface area (Å²) in [6.45, 7) is 5.90. The third kappa shape index (κ3) is 3.19. The lowest BCUT2D eigenvalue weighted by Gasteiger charge is -2.38. The summed E-state index contributed by atoms with van der Waals surface area (Å²) in [5.41, 5.74) is 7.76. The first kappa shape index (κ1) is 11.4. The van der Waals surface area contributed by atoms with E-state index in [-0.39, 0.29) is 5.41 Å². The number of hydrogen-bond donors (Lipinski definition) is 2. The van der Waals surface area contributed by atoms with Crippen LogP contribution in [0, 0.1) is 5.41 Å². The second kappa shape index (κ2) is 4.25. The van der Waals surface area contributed by atoms with Crippen molar-refractivity contribution in [3.8, 4) is 0 Å². The number of primary amides is 1. The molecule has 3 N–H and O–H groups in total. The molecule has 0 aromatic rings. The minimum absolute atomic E-state index is 0.239. The lowest BCUT2D eigenvalue weighted by Crippen LogP contribution is -2.50. The molecule has 1 aliphatic rings. The summed E-state index contributed by atoms with van der Waals surface area (Å²) in [6.07, 6.45) is 6.01. The van der Waals surface area contributed by atoms with Crippen LogP contribution in [0.5, 0.6) is 0 Å². The van der Waals surface area contributed by atoms with Crippen LogP contribution in [-0.4, -0.2) is 17.3 Å². The van der Waals surface area contributed by atoms with Gasteiger partial charge in [-0.05, 0) is 12.2 Å². The quantitative estimate of drug-likeness (QED) is 0.722. The summed E-state index contributed by atoms with van der Waals surface area (Å²) >= 11 is 0. The zero-order valence-electron chi connectivity index (χ0n) is 9.23. The number of carbonyl (C=O) groups excluding carboxylic acids is 1. The highest BCUT2D eigenvalue weighted by Crippen LogP contribution is 2.25. The smallest absolute Gasteiger partial charge is 0.406 e. The molecule has 0 aromatic heterocycles. The SMILES string of the molecule is CC(C)(C)C(OC(N)=O)N1C=CC=CN1. The van der Waals surface area contributed by atoms with Gasteiger partial charge in [-0.15, -0.1) is 0 Å². The van der Waals surface area contributed by atoms with E-state index in [0.717, 1.165) is 0 Å². The van der Waals surface area contributed by atoms with E-state index in [1.165, 1.54) is 0 Å². The Labute approximate surface area is 89.5 Å². The number of nitrogens with zero attached hydrogens (tertiary/aromatic N) is 1. The highest BCUT2D eigenvalue weighted by atomic mass is 16.6. The van der Waals surface area contributed by atoms with Gasteiger partial charge in [0.15, 0.2) is 6.23 Å². The van der Waals surface area contributed by atoms with E-state index in [4.69, 9.17) is 10.5 Å². The Morgan fingerprint density at radius 1 is 1.47 bits per heavy atom. The van der Waals surface area contributed by atoms with Crippen molar-refractivity contribution in [2.75, 3.05) is 0 Å². The molecule has 5 nitrogen and oxygen atoms in total. The molecule has 0 saturated carbocycles. The zero-order valence-corrected chi connectivity index (χ0v) is 9.23. The fourth-order valence-electron chi connectivity index (χ4n) is 1.28. The summed E-state index contributed by atoms with van der Waals surface area (Å²) in [6, 6.07) is 0. The number of rotatable bonds is 2. The zero-order chi connectivity index (χ0) is 11.5. The van der Waals surface area contributed by atoms with E-state index < -0.39 is 12.3 Å². The number of hydrazine groups is 1. The Bertz CT molecular complexity index is 292. The minimum atomic E-state index is -0.778. The van der Waals surface area contributed by atoms with Gasteiger partial charge in [0.1, 0.15) is 0 Å². The van der Waals surface area contributed by atoms with Crippen LogP contribution in [0.1, 0.15) is 20.8 Å². The van der Waals surface area contributed by atoms with E-state index in [1.807, 2.05) is 32.9 Å². The molecule has 1 aliphatic heterocycles. The molecule has 0 aliphatic carbocycles. The molecule has 1 unspecified atom stereocenters. The largest absolute Gasteiger partial charge is 0.423 e. The van der Waals surface area contributed by atoms with E-state index in [9.17, 15) is 4.79 Å². The number of nitrogens with two attached hydrogens (primary N) is 1. The Balaban J connectivity index is 2.76. The molecule has 0 bridgehead atoms. The van der Waals surface area contributed by atoms with Crippen molar-refractivity contribution in [3.63, 3.8) is 0 Å². The van der Waals surface area contributed by atoms with Gasteiger partial charge in [0.2, 0.25) is 0 Å². The maximum absolute atomic E-state index is 10.8. The van der Waals surface area contributed by atoms with Crippen molar-refractivity contribution in [1.82, 2.24) is 10.4 Å². The number of carbonyl (C=O) groups is 1. The van der Waals surface area contributed by atoms with Crippen LogP contribution in [0.15, 0.2) is 24.6 Å². The molecule has 0 fully saturated rings. The van der Waals surface area contributed by atoms with Gasteiger partial charge in [-0.25, -0.2) is 4.79 Å². The Hall–Kier alpha value is -1.65. The van der Waals surface area contributed by atoms with Crippen LogP contribution >= 0.6 is 0 Å². The fraction of sp³-hybridized carbons (Fsp3) is 0.500. The van der Waals surface area contributed by atoms with Crippen molar-refractivity contribution >= 4 is 6.09 Å². The molecular weight excluding hydrogens is 194 g/mol. The molecule has 1 rings (SSSR count). The van der Waals surface area contributed by atoms with Crippen molar-refractivity contribution in [3.05, 3.63) is 24.6 Å². The van der Waals surface area contributed by atoms with Crippen LogP contribution in [-0.2, 0) is 4.74 Å². The first-order chi connectivity index (χ1) is 6.91. The molecule has 5 heteroatoms. The molecule has 0 radical (unpaired) electrons. The number of amides is 1. The molecule has 0 spiro atoms. The highest BCUT2D eigenvalue weighted by Gasteiger charge is 2.32. The molecule has 15 heavy (non-hydrogen) atoms. The third-order valence-electron chi connectivity index (χ3n) is 1.90. The lowest BCUT2D eigenvalue weighted by atomic mass is 9.94. The molecular formula is C10H17N3O2. The van der Waals surface area contributed by atoms with Crippen LogP contribution in [0.4, 0.5) is 4.79 Å². The summed E-state index contributed by atoms with van der Waals surface area (Å²) in [7, 11) is 0. The first-order valence-corrected chi connectivity index (χ1v) is 4.75. The molecule has 1 heterocycles. The molecule has 1 atom stereocenters. The fourth-order valence-corrected chi connectivity index (χ4v) is 1.28. The number of nitrogens with one attached hydrogen (secondary N) is 1. The minimum Gasteiger partial charge on any atom is -0.423 e. The summed E-state index contributed by atoms with van der Waals surface area (Å²) in [5, 5.41) is 1.70. The van der Waals surface area contributed by atoms with Crippen LogP contribution in [0.3, 0.4) is 0 Å². The van der Waals surface area contributed by atoms with Gasteiger partial charge < -0.3 is 15.9 Å². The van der Waals surface area contributed by atoms with Crippen LogP contribution in [0.25, 0.3) is 0 Å². The summed E-state index contributed by atoms with van der Waals surface area (Å²) in [4.78, 5) is 10.8. The number of allylic oxidation sites excluding steroid dienone is 2. The molecule has 1 amide bonds. The second-order valence-corrected chi connectivity index (χ2v) is 4.39. The van der Waals surface area contributed by atoms with Gasteiger partial charge in [-0.2, -0.15) is 0 Å². The van der Waals surface area contributed by atoms with Crippen LogP contribution in [0.2, 0.25) is 0 Å². The Morgan fingerprint density at radius 2 is 2.13 bits per heavy atom. The van der Waals surface area contributed by atoms with E-state index >= 15 is 0 Å². The van der Waals surface area contributed by atoms with E-state index in [2.05, 4.69) is 5.43 Å². The summed E-state index contributed by atoms with van der Waals surface area (Å²) < 4.78 is 5.07. The topological polar surface area (TPSA) is 67.6 Å². The van der Waals surface area contributed by atoms with Gasteiger partial charge >= 0.3 is 6.09 Å². The Kier molecular flexibility index (Phi) is 3.24. The average Bonchev–Trinajstić information content (AvgIpc) is 2.14. The number of ether oxygens (including phenoxy) is 1. The average molecular weight is 211 g/mol. The standard InChI is InChI=1S/C10H17N3O2/c1-10(2,3)8(15-9(11)14)13-7-5-4-6-12-13/h4-8,12H,1-3H3,(H2,11,14). The molecule has 84 valence electrons. The van der Waals surface area contributed by atoms with Gasteiger partial charge in [-0.1, -0.05) is 20.8 Å². The Morgan fingerprint density at radius 3 is 2.53 bits per heavy atom. The van der Waals surface area contributed by atoms with Gasteiger partial charge in [0, 0.05) is 17.8 Å². The monoisotopic (exact) mass is 211 g/mol. The van der Waals surface area contributed by atoms with Gasteiger partial charge in [0.25, 0.3) is 0 Å². The first-order valence-electron chi connectivity index (χ1n) is 4.75. The highest BCUT2D eigenvalue weighted by molar-refractivity contribution is 5.64. The molecule has 0 aromatic carbocycles. The molecule has 0 saturated heterocycles.